The molecule has 0 aliphatic carbocycles. The fourth-order valence-electron chi connectivity index (χ4n) is 2.32. The van der Waals surface area contributed by atoms with Crippen LogP contribution in [0.1, 0.15) is 37.4 Å². The Balaban J connectivity index is 2.48. The molecule has 0 radical (unpaired) electrons. The minimum absolute atomic E-state index is 0.0480. The molecule has 1 atom stereocenters. The van der Waals surface area contributed by atoms with Crippen LogP contribution in [0, 0.1) is 12.7 Å². The monoisotopic (exact) mass is 239 g/mol. The standard InChI is InChI=1S/C13H18FNO2/c1-8-5-9(14)6-10-11(15-16-4)7-13(2,3)17-12(8)10/h5-6,11,15H,7H2,1-4H3. The van der Waals surface area contributed by atoms with Crippen LogP contribution in [0.3, 0.4) is 0 Å². The van der Waals surface area contributed by atoms with Gasteiger partial charge in [0.05, 0.1) is 13.2 Å². The van der Waals surface area contributed by atoms with Crippen molar-refractivity contribution in [1.82, 2.24) is 5.48 Å². The maximum atomic E-state index is 13.4. The molecular weight excluding hydrogens is 221 g/mol. The Morgan fingerprint density at radius 1 is 1.47 bits per heavy atom. The molecule has 1 unspecified atom stereocenters. The van der Waals surface area contributed by atoms with E-state index in [-0.39, 0.29) is 17.5 Å². The van der Waals surface area contributed by atoms with E-state index in [0.29, 0.717) is 0 Å². The van der Waals surface area contributed by atoms with Crippen molar-refractivity contribution >= 4 is 0 Å². The molecule has 0 bridgehead atoms. The number of benzene rings is 1. The minimum atomic E-state index is -0.286. The summed E-state index contributed by atoms with van der Waals surface area (Å²) in [6.45, 7) is 5.89. The van der Waals surface area contributed by atoms with Crippen molar-refractivity contribution < 1.29 is 14.0 Å². The minimum Gasteiger partial charge on any atom is -0.487 e. The molecule has 4 heteroatoms. The molecule has 94 valence electrons. The highest BCUT2D eigenvalue weighted by Crippen LogP contribution is 2.41. The van der Waals surface area contributed by atoms with Crippen LogP contribution in [0.4, 0.5) is 4.39 Å². The molecular formula is C13H18FNO2. The molecule has 0 fully saturated rings. The Morgan fingerprint density at radius 2 is 2.18 bits per heavy atom. The molecule has 1 aliphatic rings. The molecule has 0 spiro atoms. The van der Waals surface area contributed by atoms with Crippen LogP contribution >= 0.6 is 0 Å². The molecule has 0 aromatic heterocycles. The van der Waals surface area contributed by atoms with Gasteiger partial charge in [0.1, 0.15) is 17.2 Å². The third-order valence-electron chi connectivity index (χ3n) is 2.98. The van der Waals surface area contributed by atoms with E-state index >= 15 is 0 Å². The molecule has 1 aromatic rings. The van der Waals surface area contributed by atoms with Gasteiger partial charge >= 0.3 is 0 Å². The Bertz CT molecular complexity index is 432. The summed E-state index contributed by atoms with van der Waals surface area (Å²) < 4.78 is 19.4. The van der Waals surface area contributed by atoms with Gasteiger partial charge in [-0.2, -0.15) is 5.48 Å². The van der Waals surface area contributed by atoms with Crippen molar-refractivity contribution in [2.45, 2.75) is 38.8 Å². The first-order valence-corrected chi connectivity index (χ1v) is 5.70. The number of rotatable bonds is 2. The fraction of sp³-hybridized carbons (Fsp3) is 0.538. The first-order valence-electron chi connectivity index (χ1n) is 5.70. The van der Waals surface area contributed by atoms with Crippen LogP contribution in [-0.4, -0.2) is 12.7 Å². The van der Waals surface area contributed by atoms with Gasteiger partial charge in [-0.3, -0.25) is 0 Å². The SMILES string of the molecule is CONC1CC(C)(C)Oc2c(C)cc(F)cc21. The predicted octanol–water partition coefficient (Wildman–Crippen LogP) is 2.89. The summed E-state index contributed by atoms with van der Waals surface area (Å²) in [6, 6.07) is 2.95. The van der Waals surface area contributed by atoms with Gasteiger partial charge in [-0.05, 0) is 38.5 Å². The molecule has 0 saturated heterocycles. The van der Waals surface area contributed by atoms with E-state index in [2.05, 4.69) is 5.48 Å². The second-order valence-electron chi connectivity index (χ2n) is 5.08. The number of halogens is 1. The maximum absolute atomic E-state index is 13.4. The predicted molar refractivity (Wildman–Crippen MR) is 63.3 cm³/mol. The van der Waals surface area contributed by atoms with Crippen molar-refractivity contribution in [3.05, 3.63) is 29.1 Å². The van der Waals surface area contributed by atoms with Gasteiger partial charge in [0.2, 0.25) is 0 Å². The van der Waals surface area contributed by atoms with Gasteiger partial charge in [0, 0.05) is 12.0 Å². The third kappa shape index (κ3) is 2.42. The molecule has 0 saturated carbocycles. The molecule has 1 aromatic carbocycles. The summed E-state index contributed by atoms with van der Waals surface area (Å²) >= 11 is 0. The molecule has 0 amide bonds. The second kappa shape index (κ2) is 4.27. The van der Waals surface area contributed by atoms with Gasteiger partial charge in [0.15, 0.2) is 0 Å². The molecule has 3 nitrogen and oxygen atoms in total. The largest absolute Gasteiger partial charge is 0.487 e. The lowest BCUT2D eigenvalue weighted by molar-refractivity contribution is 0.00239. The van der Waals surface area contributed by atoms with Crippen LogP contribution < -0.4 is 10.2 Å². The van der Waals surface area contributed by atoms with Crippen molar-refractivity contribution in [2.75, 3.05) is 7.11 Å². The van der Waals surface area contributed by atoms with Crippen LogP contribution in [-0.2, 0) is 4.84 Å². The number of ether oxygens (including phenoxy) is 1. The third-order valence-corrected chi connectivity index (χ3v) is 2.98. The Morgan fingerprint density at radius 3 is 2.82 bits per heavy atom. The van der Waals surface area contributed by atoms with E-state index in [9.17, 15) is 4.39 Å². The van der Waals surface area contributed by atoms with Gasteiger partial charge in [0.25, 0.3) is 0 Å². The first-order chi connectivity index (χ1) is 7.93. The van der Waals surface area contributed by atoms with Crippen LogP contribution in [0.25, 0.3) is 0 Å². The number of hydrogen-bond acceptors (Lipinski definition) is 3. The number of hydroxylamine groups is 1. The number of aryl methyl sites for hydroxylation is 1. The van der Waals surface area contributed by atoms with E-state index in [1.807, 2.05) is 20.8 Å². The normalized spacial score (nSPS) is 21.8. The highest BCUT2D eigenvalue weighted by molar-refractivity contribution is 5.45. The van der Waals surface area contributed by atoms with Gasteiger partial charge in [-0.25, -0.2) is 4.39 Å². The lowest BCUT2D eigenvalue weighted by Gasteiger charge is -2.38. The average molecular weight is 239 g/mol. The Hall–Kier alpha value is -1.13. The van der Waals surface area contributed by atoms with Crippen molar-refractivity contribution in [2.24, 2.45) is 0 Å². The zero-order valence-electron chi connectivity index (χ0n) is 10.6. The summed E-state index contributed by atoms with van der Waals surface area (Å²) in [4.78, 5) is 4.98. The van der Waals surface area contributed by atoms with E-state index in [1.165, 1.54) is 12.1 Å². The zero-order valence-corrected chi connectivity index (χ0v) is 10.6. The fourth-order valence-corrected chi connectivity index (χ4v) is 2.32. The molecule has 2 rings (SSSR count). The average Bonchev–Trinajstić information content (AvgIpc) is 2.19. The van der Waals surface area contributed by atoms with Crippen LogP contribution in [0.2, 0.25) is 0 Å². The summed E-state index contributed by atoms with van der Waals surface area (Å²) in [5.74, 6) is 0.518. The lowest BCUT2D eigenvalue weighted by atomic mass is 9.89. The second-order valence-corrected chi connectivity index (χ2v) is 5.08. The van der Waals surface area contributed by atoms with Gasteiger partial charge in [-0.1, -0.05) is 0 Å². The quantitative estimate of drug-likeness (QED) is 0.805. The lowest BCUT2D eigenvalue weighted by Crippen LogP contribution is -2.39. The Kier molecular flexibility index (Phi) is 3.10. The van der Waals surface area contributed by atoms with E-state index in [0.717, 1.165) is 23.3 Å². The smallest absolute Gasteiger partial charge is 0.128 e. The topological polar surface area (TPSA) is 30.5 Å². The van der Waals surface area contributed by atoms with Gasteiger partial charge in [-0.15, -0.1) is 0 Å². The molecule has 1 heterocycles. The Labute approximate surface area is 101 Å². The van der Waals surface area contributed by atoms with Crippen molar-refractivity contribution in [1.29, 1.82) is 0 Å². The first kappa shape index (κ1) is 12.3. The van der Waals surface area contributed by atoms with E-state index < -0.39 is 0 Å². The molecule has 1 aliphatic heterocycles. The number of fused-ring (bicyclic) bond motifs is 1. The zero-order chi connectivity index (χ0) is 12.6. The van der Waals surface area contributed by atoms with E-state index in [4.69, 9.17) is 9.57 Å². The summed E-state index contributed by atoms with van der Waals surface area (Å²) in [7, 11) is 1.56. The highest BCUT2D eigenvalue weighted by atomic mass is 19.1. The van der Waals surface area contributed by atoms with Crippen LogP contribution in [0.5, 0.6) is 5.75 Å². The number of hydrogen-bond donors (Lipinski definition) is 1. The summed E-state index contributed by atoms with van der Waals surface area (Å²) in [5, 5.41) is 0. The molecule has 1 N–H and O–H groups in total. The van der Waals surface area contributed by atoms with E-state index in [1.54, 1.807) is 7.11 Å². The maximum Gasteiger partial charge on any atom is 0.128 e. The summed E-state index contributed by atoms with van der Waals surface area (Å²) in [6.07, 6.45) is 0.733. The van der Waals surface area contributed by atoms with Crippen molar-refractivity contribution in [3.8, 4) is 5.75 Å². The highest BCUT2D eigenvalue weighted by Gasteiger charge is 2.35. The number of nitrogens with one attached hydrogen (secondary N) is 1. The molecule has 17 heavy (non-hydrogen) atoms. The van der Waals surface area contributed by atoms with Gasteiger partial charge < -0.3 is 9.57 Å². The summed E-state index contributed by atoms with van der Waals surface area (Å²) in [5.41, 5.74) is 4.26. The van der Waals surface area contributed by atoms with Crippen LogP contribution in [0.15, 0.2) is 12.1 Å². The van der Waals surface area contributed by atoms with Crippen molar-refractivity contribution in [3.63, 3.8) is 0 Å².